The van der Waals surface area contributed by atoms with Gasteiger partial charge in [-0.3, -0.25) is 9.69 Å². The molecule has 0 radical (unpaired) electrons. The number of nitrogens with zero attached hydrogens (tertiary/aromatic N) is 3. The number of carbonyl (C=O) groups is 1. The Balaban J connectivity index is 1.28. The summed E-state index contributed by atoms with van der Waals surface area (Å²) < 4.78 is 0. The van der Waals surface area contributed by atoms with Crippen LogP contribution in [0.5, 0.6) is 0 Å². The first-order valence-electron chi connectivity index (χ1n) is 8.80. The van der Waals surface area contributed by atoms with Gasteiger partial charge < -0.3 is 4.90 Å². The summed E-state index contributed by atoms with van der Waals surface area (Å²) in [4.78, 5) is 22.8. The van der Waals surface area contributed by atoms with Crippen LogP contribution >= 0.6 is 22.7 Å². The van der Waals surface area contributed by atoms with Crippen LogP contribution in [0.15, 0.2) is 53.2 Å². The average Bonchev–Trinajstić information content (AvgIpc) is 3.35. The number of thiophene rings is 1. The van der Waals surface area contributed by atoms with E-state index < -0.39 is 0 Å². The minimum Gasteiger partial charge on any atom is -0.340 e. The molecule has 0 aliphatic carbocycles. The van der Waals surface area contributed by atoms with E-state index in [1.807, 2.05) is 22.4 Å². The molecule has 1 amide bonds. The standard InChI is InChI=1S/C20H21N3OS2/c24-19(13-17-15-26-20(21-17)18-7-4-12-25-18)23-10-8-22(9-11-23)14-16-5-2-1-3-6-16/h1-7,12,15H,8-11,13-14H2. The summed E-state index contributed by atoms with van der Waals surface area (Å²) in [5.41, 5.74) is 2.21. The fourth-order valence-corrected chi connectivity index (χ4v) is 4.80. The summed E-state index contributed by atoms with van der Waals surface area (Å²) in [6.07, 6.45) is 0.403. The highest BCUT2D eigenvalue weighted by atomic mass is 32.1. The Morgan fingerprint density at radius 3 is 2.54 bits per heavy atom. The van der Waals surface area contributed by atoms with Gasteiger partial charge >= 0.3 is 0 Å². The van der Waals surface area contributed by atoms with Crippen LogP contribution in [0.1, 0.15) is 11.3 Å². The molecule has 1 fully saturated rings. The van der Waals surface area contributed by atoms with E-state index in [1.165, 1.54) is 10.4 Å². The van der Waals surface area contributed by atoms with Crippen molar-refractivity contribution in [2.24, 2.45) is 0 Å². The van der Waals surface area contributed by atoms with E-state index in [4.69, 9.17) is 0 Å². The summed E-state index contributed by atoms with van der Waals surface area (Å²) in [6, 6.07) is 14.6. The minimum atomic E-state index is 0.187. The Bertz CT molecular complexity index is 837. The average molecular weight is 384 g/mol. The normalized spacial score (nSPS) is 15.3. The predicted octanol–water partition coefficient (Wildman–Crippen LogP) is 3.76. The van der Waals surface area contributed by atoms with Gasteiger partial charge in [-0.15, -0.1) is 22.7 Å². The smallest absolute Gasteiger partial charge is 0.228 e. The van der Waals surface area contributed by atoms with Gasteiger partial charge in [0.25, 0.3) is 0 Å². The summed E-state index contributed by atoms with van der Waals surface area (Å²) in [7, 11) is 0. The number of carbonyl (C=O) groups excluding carboxylic acids is 1. The van der Waals surface area contributed by atoms with Gasteiger partial charge in [0.1, 0.15) is 5.01 Å². The molecular weight excluding hydrogens is 362 g/mol. The van der Waals surface area contributed by atoms with Crippen LogP contribution < -0.4 is 0 Å². The molecule has 4 nitrogen and oxygen atoms in total. The monoisotopic (exact) mass is 383 g/mol. The first-order chi connectivity index (χ1) is 12.8. The lowest BCUT2D eigenvalue weighted by Gasteiger charge is -2.34. The topological polar surface area (TPSA) is 36.4 Å². The zero-order valence-electron chi connectivity index (χ0n) is 14.5. The SMILES string of the molecule is O=C(Cc1csc(-c2cccs2)n1)N1CCN(Cc2ccccc2)CC1. The van der Waals surface area contributed by atoms with Gasteiger partial charge in [0.15, 0.2) is 0 Å². The van der Waals surface area contributed by atoms with Crippen LogP contribution in [0.2, 0.25) is 0 Å². The third kappa shape index (κ3) is 4.20. The summed E-state index contributed by atoms with van der Waals surface area (Å²) in [6.45, 7) is 4.41. The highest BCUT2D eigenvalue weighted by molar-refractivity contribution is 7.20. The van der Waals surface area contributed by atoms with Crippen LogP contribution in [-0.4, -0.2) is 46.9 Å². The number of hydrogen-bond donors (Lipinski definition) is 0. The number of rotatable bonds is 5. The van der Waals surface area contributed by atoms with E-state index in [9.17, 15) is 4.79 Å². The van der Waals surface area contributed by atoms with Gasteiger partial charge in [-0.25, -0.2) is 4.98 Å². The van der Waals surface area contributed by atoms with E-state index in [-0.39, 0.29) is 5.91 Å². The first-order valence-corrected chi connectivity index (χ1v) is 10.6. The highest BCUT2D eigenvalue weighted by Crippen LogP contribution is 2.28. The summed E-state index contributed by atoms with van der Waals surface area (Å²) in [5.74, 6) is 0.187. The third-order valence-corrected chi connectivity index (χ3v) is 6.52. The van der Waals surface area contributed by atoms with Crippen molar-refractivity contribution < 1.29 is 4.79 Å². The van der Waals surface area contributed by atoms with E-state index in [2.05, 4.69) is 45.6 Å². The Morgan fingerprint density at radius 2 is 1.81 bits per heavy atom. The van der Waals surface area contributed by atoms with Crippen LogP contribution in [0.4, 0.5) is 0 Å². The van der Waals surface area contributed by atoms with Gasteiger partial charge in [0, 0.05) is 38.1 Å². The Kier molecular flexibility index (Phi) is 5.43. The second-order valence-electron chi connectivity index (χ2n) is 6.44. The van der Waals surface area contributed by atoms with E-state index in [0.717, 1.165) is 43.4 Å². The summed E-state index contributed by atoms with van der Waals surface area (Å²) in [5, 5.41) is 5.07. The highest BCUT2D eigenvalue weighted by Gasteiger charge is 2.22. The molecular formula is C20H21N3OS2. The van der Waals surface area contributed by atoms with Crippen LogP contribution in [0.3, 0.4) is 0 Å². The van der Waals surface area contributed by atoms with Gasteiger partial charge in [0.2, 0.25) is 5.91 Å². The van der Waals surface area contributed by atoms with Crippen LogP contribution in [0.25, 0.3) is 9.88 Å². The molecule has 0 N–H and O–H groups in total. The second-order valence-corrected chi connectivity index (χ2v) is 8.25. The van der Waals surface area contributed by atoms with E-state index >= 15 is 0 Å². The van der Waals surface area contributed by atoms with Crippen molar-refractivity contribution in [3.63, 3.8) is 0 Å². The van der Waals surface area contributed by atoms with Crippen molar-refractivity contribution >= 4 is 28.6 Å². The number of benzene rings is 1. The number of aromatic nitrogens is 1. The predicted molar refractivity (Wildman–Crippen MR) is 107 cm³/mol. The Hall–Kier alpha value is -2.02. The molecule has 1 aliphatic heterocycles. The molecule has 0 spiro atoms. The number of amides is 1. The lowest BCUT2D eigenvalue weighted by molar-refractivity contribution is -0.132. The van der Waals surface area contributed by atoms with Gasteiger partial charge in [-0.05, 0) is 17.0 Å². The molecule has 0 saturated carbocycles. The minimum absolute atomic E-state index is 0.187. The molecule has 1 aromatic carbocycles. The molecule has 0 bridgehead atoms. The maximum Gasteiger partial charge on any atom is 0.228 e. The molecule has 0 atom stereocenters. The Morgan fingerprint density at radius 1 is 1.00 bits per heavy atom. The van der Waals surface area contributed by atoms with Crippen LogP contribution in [0, 0.1) is 0 Å². The molecule has 2 aromatic heterocycles. The molecule has 134 valence electrons. The quantitative estimate of drug-likeness (QED) is 0.673. The van der Waals surface area contributed by atoms with Crippen molar-refractivity contribution in [1.82, 2.24) is 14.8 Å². The molecule has 4 rings (SSSR count). The van der Waals surface area contributed by atoms with Crippen LogP contribution in [-0.2, 0) is 17.8 Å². The van der Waals surface area contributed by atoms with Gasteiger partial charge in [0.05, 0.1) is 17.0 Å². The van der Waals surface area contributed by atoms with Crippen molar-refractivity contribution in [2.45, 2.75) is 13.0 Å². The maximum absolute atomic E-state index is 12.6. The van der Waals surface area contributed by atoms with Gasteiger partial charge in [-0.1, -0.05) is 36.4 Å². The maximum atomic E-state index is 12.6. The fraction of sp³-hybridized carbons (Fsp3) is 0.300. The molecule has 26 heavy (non-hydrogen) atoms. The van der Waals surface area contributed by atoms with Crippen molar-refractivity contribution in [3.05, 3.63) is 64.5 Å². The Labute approximate surface area is 161 Å². The van der Waals surface area contributed by atoms with Gasteiger partial charge in [-0.2, -0.15) is 0 Å². The molecule has 3 aromatic rings. The lowest BCUT2D eigenvalue weighted by Crippen LogP contribution is -2.48. The van der Waals surface area contributed by atoms with E-state index in [1.54, 1.807) is 22.7 Å². The molecule has 0 unspecified atom stereocenters. The molecule has 1 aliphatic rings. The van der Waals surface area contributed by atoms with E-state index in [0.29, 0.717) is 6.42 Å². The zero-order chi connectivity index (χ0) is 17.8. The van der Waals surface area contributed by atoms with Crippen molar-refractivity contribution in [2.75, 3.05) is 26.2 Å². The number of piperazine rings is 1. The largest absolute Gasteiger partial charge is 0.340 e. The second kappa shape index (κ2) is 8.12. The number of thiazole rings is 1. The van der Waals surface area contributed by atoms with Crippen molar-refractivity contribution in [3.8, 4) is 9.88 Å². The van der Waals surface area contributed by atoms with Crippen molar-refractivity contribution in [1.29, 1.82) is 0 Å². The first kappa shape index (κ1) is 17.4. The lowest BCUT2D eigenvalue weighted by atomic mass is 10.2. The molecule has 6 heteroatoms. The third-order valence-electron chi connectivity index (χ3n) is 4.59. The fourth-order valence-electron chi connectivity index (χ4n) is 3.17. The zero-order valence-corrected chi connectivity index (χ0v) is 16.1. The summed E-state index contributed by atoms with van der Waals surface area (Å²) >= 11 is 3.30. The molecule has 1 saturated heterocycles. The number of hydrogen-bond acceptors (Lipinski definition) is 5. The molecule has 3 heterocycles.